The standard InChI is InChI=1S/C17H25N3O3S/c1-11-12(2)16(19-20-18)17(24-4)23-15(11)10-22-9-13-5-7-14(21-3)8-6-13/h5-8,11-12,15-17H,9-10H2,1-4H3/t11-,12-,15?,16?,17-/m0/s1. The third-order valence-corrected chi connectivity index (χ3v) is 5.52. The van der Waals surface area contributed by atoms with Crippen LogP contribution in [0.1, 0.15) is 19.4 Å². The van der Waals surface area contributed by atoms with Crippen LogP contribution in [0.4, 0.5) is 0 Å². The molecule has 0 radical (unpaired) electrons. The number of methoxy groups -OCH3 is 1. The Balaban J connectivity index is 1.90. The summed E-state index contributed by atoms with van der Waals surface area (Å²) >= 11 is 1.58. The summed E-state index contributed by atoms with van der Waals surface area (Å²) in [4.78, 5) is 2.97. The zero-order valence-corrected chi connectivity index (χ0v) is 15.4. The molecule has 2 unspecified atom stereocenters. The van der Waals surface area contributed by atoms with Gasteiger partial charge in [-0.1, -0.05) is 31.1 Å². The van der Waals surface area contributed by atoms with E-state index in [0.29, 0.717) is 13.2 Å². The lowest BCUT2D eigenvalue weighted by molar-refractivity contribution is -0.110. The van der Waals surface area contributed by atoms with Crippen molar-refractivity contribution in [1.82, 2.24) is 0 Å². The van der Waals surface area contributed by atoms with Gasteiger partial charge in [-0.05, 0) is 41.3 Å². The van der Waals surface area contributed by atoms with Gasteiger partial charge in [0.05, 0.1) is 32.5 Å². The number of rotatable bonds is 7. The van der Waals surface area contributed by atoms with Crippen molar-refractivity contribution in [1.29, 1.82) is 0 Å². The maximum absolute atomic E-state index is 8.77. The van der Waals surface area contributed by atoms with Gasteiger partial charge in [-0.25, -0.2) is 0 Å². The second-order valence-electron chi connectivity index (χ2n) is 6.06. The molecule has 1 fully saturated rings. The average molecular weight is 351 g/mol. The summed E-state index contributed by atoms with van der Waals surface area (Å²) in [5.41, 5.74) is 9.74. The summed E-state index contributed by atoms with van der Waals surface area (Å²) in [5, 5.41) is 3.93. The summed E-state index contributed by atoms with van der Waals surface area (Å²) in [7, 11) is 1.65. The molecule has 0 aliphatic carbocycles. The highest BCUT2D eigenvalue weighted by Crippen LogP contribution is 2.36. The van der Waals surface area contributed by atoms with Crippen molar-refractivity contribution in [3.8, 4) is 5.75 Å². The third kappa shape index (κ3) is 4.57. The van der Waals surface area contributed by atoms with Gasteiger partial charge >= 0.3 is 0 Å². The Morgan fingerprint density at radius 2 is 1.96 bits per heavy atom. The molecule has 132 valence electrons. The summed E-state index contributed by atoms with van der Waals surface area (Å²) in [5.74, 6) is 1.35. The number of azide groups is 1. The van der Waals surface area contributed by atoms with Crippen LogP contribution in [-0.2, 0) is 16.1 Å². The van der Waals surface area contributed by atoms with E-state index < -0.39 is 0 Å². The number of thioether (sulfide) groups is 1. The van der Waals surface area contributed by atoms with Gasteiger partial charge in [-0.15, -0.1) is 11.8 Å². The van der Waals surface area contributed by atoms with Gasteiger partial charge in [0.15, 0.2) is 0 Å². The minimum absolute atomic E-state index is 0.000779. The molecule has 1 saturated heterocycles. The molecule has 0 amide bonds. The first-order valence-electron chi connectivity index (χ1n) is 8.03. The van der Waals surface area contributed by atoms with Crippen LogP contribution in [0.5, 0.6) is 5.75 Å². The first kappa shape index (κ1) is 18.9. The van der Waals surface area contributed by atoms with E-state index >= 15 is 0 Å². The minimum Gasteiger partial charge on any atom is -0.497 e. The van der Waals surface area contributed by atoms with E-state index in [4.69, 9.17) is 19.7 Å². The molecule has 0 bridgehead atoms. The van der Waals surface area contributed by atoms with Crippen LogP contribution in [0.3, 0.4) is 0 Å². The lowest BCUT2D eigenvalue weighted by atomic mass is 9.83. The zero-order chi connectivity index (χ0) is 17.5. The highest BCUT2D eigenvalue weighted by molar-refractivity contribution is 7.99. The van der Waals surface area contributed by atoms with Crippen molar-refractivity contribution in [3.05, 3.63) is 40.3 Å². The van der Waals surface area contributed by atoms with Crippen LogP contribution in [0.25, 0.3) is 10.4 Å². The SMILES string of the molecule is COc1ccc(COCC2O[C@@H](SC)C(N=[N+]=[N-])[C@@H](C)[C@@H]2C)cc1. The van der Waals surface area contributed by atoms with E-state index in [1.165, 1.54) is 0 Å². The van der Waals surface area contributed by atoms with Gasteiger partial charge in [0, 0.05) is 4.91 Å². The second-order valence-corrected chi connectivity index (χ2v) is 6.99. The molecule has 24 heavy (non-hydrogen) atoms. The molecular weight excluding hydrogens is 326 g/mol. The van der Waals surface area contributed by atoms with Crippen molar-refractivity contribution in [3.63, 3.8) is 0 Å². The molecule has 2 rings (SSSR count). The molecule has 1 heterocycles. The highest BCUT2D eigenvalue weighted by Gasteiger charge is 2.40. The molecular formula is C17H25N3O3S. The Bertz CT molecular complexity index is 561. The van der Waals surface area contributed by atoms with Crippen molar-refractivity contribution >= 4 is 11.8 Å². The fraction of sp³-hybridized carbons (Fsp3) is 0.647. The zero-order valence-electron chi connectivity index (χ0n) is 14.6. The molecule has 1 aliphatic rings. The summed E-state index contributed by atoms with van der Waals surface area (Å²) < 4.78 is 17.1. The molecule has 6 nitrogen and oxygen atoms in total. The molecule has 0 aromatic heterocycles. The Hall–Kier alpha value is -1.40. The van der Waals surface area contributed by atoms with Crippen molar-refractivity contribution in [2.45, 2.75) is 38.0 Å². The Morgan fingerprint density at radius 1 is 1.25 bits per heavy atom. The smallest absolute Gasteiger partial charge is 0.118 e. The maximum atomic E-state index is 8.77. The van der Waals surface area contributed by atoms with E-state index in [9.17, 15) is 0 Å². The van der Waals surface area contributed by atoms with E-state index in [1.807, 2.05) is 30.5 Å². The number of benzene rings is 1. The molecule has 0 saturated carbocycles. The van der Waals surface area contributed by atoms with Gasteiger partial charge < -0.3 is 14.2 Å². The van der Waals surface area contributed by atoms with Gasteiger partial charge in [0.1, 0.15) is 11.2 Å². The third-order valence-electron chi connectivity index (χ3n) is 4.67. The van der Waals surface area contributed by atoms with Crippen LogP contribution >= 0.6 is 11.8 Å². The van der Waals surface area contributed by atoms with Gasteiger partial charge in [0.25, 0.3) is 0 Å². The molecule has 0 spiro atoms. The molecule has 1 aromatic carbocycles. The fourth-order valence-electron chi connectivity index (χ4n) is 2.89. The second kappa shape index (κ2) is 9.18. The van der Waals surface area contributed by atoms with E-state index in [1.54, 1.807) is 18.9 Å². The monoisotopic (exact) mass is 351 g/mol. The minimum atomic E-state index is -0.141. The Labute approximate surface area is 147 Å². The van der Waals surface area contributed by atoms with Gasteiger partial charge in [0.2, 0.25) is 0 Å². The first-order chi connectivity index (χ1) is 11.6. The number of ether oxygens (including phenoxy) is 3. The summed E-state index contributed by atoms with van der Waals surface area (Å²) in [6.07, 6.45) is 1.98. The first-order valence-corrected chi connectivity index (χ1v) is 9.32. The lowest BCUT2D eigenvalue weighted by Crippen LogP contribution is -2.48. The van der Waals surface area contributed by atoms with E-state index in [0.717, 1.165) is 11.3 Å². The quantitative estimate of drug-likeness (QED) is 0.418. The van der Waals surface area contributed by atoms with Crippen LogP contribution in [0.2, 0.25) is 0 Å². The molecule has 0 N–H and O–H groups in total. The summed E-state index contributed by atoms with van der Waals surface area (Å²) in [6, 6.07) is 7.70. The number of hydrogen-bond donors (Lipinski definition) is 0. The molecule has 7 heteroatoms. The van der Waals surface area contributed by atoms with Crippen molar-refractivity contribution in [2.24, 2.45) is 17.0 Å². The van der Waals surface area contributed by atoms with Crippen LogP contribution in [0, 0.1) is 11.8 Å². The topological polar surface area (TPSA) is 76.5 Å². The van der Waals surface area contributed by atoms with E-state index in [-0.39, 0.29) is 29.4 Å². The lowest BCUT2D eigenvalue weighted by Gasteiger charge is -2.42. The largest absolute Gasteiger partial charge is 0.497 e. The Kier molecular flexibility index (Phi) is 7.24. The normalized spacial score (nSPS) is 29.8. The van der Waals surface area contributed by atoms with Crippen molar-refractivity contribution in [2.75, 3.05) is 20.0 Å². The molecule has 1 aromatic rings. The number of hydrogen-bond acceptors (Lipinski definition) is 5. The van der Waals surface area contributed by atoms with Gasteiger partial charge in [-0.2, -0.15) is 0 Å². The molecule has 5 atom stereocenters. The maximum Gasteiger partial charge on any atom is 0.118 e. The average Bonchev–Trinajstić information content (AvgIpc) is 2.61. The van der Waals surface area contributed by atoms with Crippen LogP contribution in [-0.4, -0.2) is 37.6 Å². The summed E-state index contributed by atoms with van der Waals surface area (Å²) in [6.45, 7) is 5.31. The predicted molar refractivity (Wildman–Crippen MR) is 96.1 cm³/mol. The fourth-order valence-corrected chi connectivity index (χ4v) is 3.73. The van der Waals surface area contributed by atoms with Crippen LogP contribution < -0.4 is 4.74 Å². The predicted octanol–water partition coefficient (Wildman–Crippen LogP) is 4.25. The van der Waals surface area contributed by atoms with Gasteiger partial charge in [-0.3, -0.25) is 0 Å². The Morgan fingerprint density at radius 3 is 2.54 bits per heavy atom. The molecule has 1 aliphatic heterocycles. The van der Waals surface area contributed by atoms with Crippen molar-refractivity contribution < 1.29 is 14.2 Å². The van der Waals surface area contributed by atoms with Crippen LogP contribution in [0.15, 0.2) is 29.4 Å². The van der Waals surface area contributed by atoms with E-state index in [2.05, 4.69) is 23.9 Å². The highest BCUT2D eigenvalue weighted by atomic mass is 32.2. The number of nitrogens with zero attached hydrogens (tertiary/aromatic N) is 3.